The van der Waals surface area contributed by atoms with Crippen LogP contribution in [-0.2, 0) is 4.79 Å². The van der Waals surface area contributed by atoms with Crippen LogP contribution in [0.2, 0.25) is 0 Å². The molecular weight excluding hydrogens is 144 g/mol. The van der Waals surface area contributed by atoms with Gasteiger partial charge in [0.1, 0.15) is 0 Å². The summed E-state index contributed by atoms with van der Waals surface area (Å²) in [7, 11) is 0. The predicted molar refractivity (Wildman–Crippen MR) is 20.2 cm³/mol. The zero-order valence-electron chi connectivity index (χ0n) is 3.94. The molecule has 0 saturated heterocycles. The Morgan fingerprint density at radius 1 is 1.11 bits per heavy atom. The Labute approximate surface area is 47.4 Å². The highest BCUT2D eigenvalue weighted by molar-refractivity contribution is 5.32. The molecule has 0 aromatic heterocycles. The Bertz CT molecular complexity index is 92.4. The van der Waals surface area contributed by atoms with Gasteiger partial charge in [0.2, 0.25) is 0 Å². The van der Waals surface area contributed by atoms with Crippen molar-refractivity contribution in [2.45, 2.75) is 0 Å². The lowest BCUT2D eigenvalue weighted by atomic mass is 11.1. The average Bonchev–Trinajstić information content (AvgIpc) is 1.68. The molecule has 0 aromatic rings. The van der Waals surface area contributed by atoms with Crippen molar-refractivity contribution in [1.82, 2.24) is 0 Å². The second kappa shape index (κ2) is 6.93. The maximum absolute atomic E-state index is 10.3. The Morgan fingerprint density at radius 3 is 1.22 bits per heavy atom. The topological polar surface area (TPSA) is 37.3 Å². The number of carboxylic acid groups (broad SMARTS) is 1. The lowest BCUT2D eigenvalue weighted by molar-refractivity contribution is -0.122. The first-order valence-corrected chi connectivity index (χ1v) is 1.50. The van der Waals surface area contributed by atoms with Crippen molar-refractivity contribution in [2.75, 3.05) is 0 Å². The first-order valence-electron chi connectivity index (χ1n) is 1.50. The van der Waals surface area contributed by atoms with E-state index in [2.05, 4.69) is 0 Å². The van der Waals surface area contributed by atoms with Gasteiger partial charge in [-0.2, -0.15) is 17.6 Å². The molecule has 0 aromatic carbocycles. The highest BCUT2D eigenvalue weighted by Gasteiger charge is 1.98. The van der Waals surface area contributed by atoms with Gasteiger partial charge in [-0.1, -0.05) is 0 Å². The standard InChI is InChI=1S/C2F4.CH2O2/c3-1(4)2(5)6;2-1-3/h;1H,(H,2,3). The van der Waals surface area contributed by atoms with E-state index in [0.29, 0.717) is 0 Å². The van der Waals surface area contributed by atoms with Crippen LogP contribution in [0, 0.1) is 0 Å². The quantitative estimate of drug-likeness (QED) is 0.417. The van der Waals surface area contributed by atoms with E-state index in [-0.39, 0.29) is 6.47 Å². The molecule has 0 heterocycles. The average molecular weight is 146 g/mol. The van der Waals surface area contributed by atoms with Crippen molar-refractivity contribution in [1.29, 1.82) is 0 Å². The van der Waals surface area contributed by atoms with Crippen LogP contribution in [0.5, 0.6) is 0 Å². The van der Waals surface area contributed by atoms with Gasteiger partial charge in [-0.3, -0.25) is 4.79 Å². The number of rotatable bonds is 0. The van der Waals surface area contributed by atoms with Crippen LogP contribution >= 0.6 is 0 Å². The third kappa shape index (κ3) is 19.6. The maximum Gasteiger partial charge on any atom is 0.334 e. The summed E-state index contributed by atoms with van der Waals surface area (Å²) in [6.45, 7) is -0.250. The van der Waals surface area contributed by atoms with E-state index in [4.69, 9.17) is 9.90 Å². The highest BCUT2D eigenvalue weighted by Crippen LogP contribution is 2.08. The first kappa shape index (κ1) is 10.8. The fraction of sp³-hybridized carbons (Fsp3) is 0. The van der Waals surface area contributed by atoms with Crippen LogP contribution in [0.25, 0.3) is 0 Å². The van der Waals surface area contributed by atoms with Crippen molar-refractivity contribution >= 4 is 6.47 Å². The maximum atomic E-state index is 10.3. The van der Waals surface area contributed by atoms with Gasteiger partial charge in [0.05, 0.1) is 0 Å². The van der Waals surface area contributed by atoms with Crippen molar-refractivity contribution < 1.29 is 27.5 Å². The summed E-state index contributed by atoms with van der Waals surface area (Å²) >= 11 is 0. The Kier molecular flexibility index (Phi) is 8.34. The molecule has 0 amide bonds. The van der Waals surface area contributed by atoms with Crippen molar-refractivity contribution in [3.05, 3.63) is 12.2 Å². The van der Waals surface area contributed by atoms with Gasteiger partial charge in [-0.25, -0.2) is 0 Å². The lowest BCUT2D eigenvalue weighted by Gasteiger charge is -1.69. The third-order valence-corrected chi connectivity index (χ3v) is 0.143. The largest absolute Gasteiger partial charge is 0.483 e. The lowest BCUT2D eigenvalue weighted by Crippen LogP contribution is -1.56. The van der Waals surface area contributed by atoms with Gasteiger partial charge < -0.3 is 5.11 Å². The molecule has 0 aliphatic carbocycles. The molecule has 0 unspecified atom stereocenters. The minimum Gasteiger partial charge on any atom is -0.483 e. The number of hydrogen-bond donors (Lipinski definition) is 1. The summed E-state index contributed by atoms with van der Waals surface area (Å²) in [6.07, 6.45) is -5.81. The molecule has 6 heteroatoms. The zero-order chi connectivity index (χ0) is 7.86. The Hall–Kier alpha value is -1.07. The van der Waals surface area contributed by atoms with E-state index in [1.54, 1.807) is 0 Å². The summed E-state index contributed by atoms with van der Waals surface area (Å²) in [5.41, 5.74) is 0. The highest BCUT2D eigenvalue weighted by atomic mass is 19.3. The minimum absolute atomic E-state index is 0.250. The van der Waals surface area contributed by atoms with Gasteiger partial charge >= 0.3 is 12.2 Å². The van der Waals surface area contributed by atoms with Gasteiger partial charge in [0.15, 0.2) is 0 Å². The molecule has 1 N–H and O–H groups in total. The molecule has 0 aliphatic rings. The van der Waals surface area contributed by atoms with Crippen LogP contribution in [0.15, 0.2) is 12.2 Å². The molecule has 0 aliphatic heterocycles. The minimum atomic E-state index is -2.91. The Balaban J connectivity index is 0. The number of hydrogen-bond acceptors (Lipinski definition) is 1. The monoisotopic (exact) mass is 146 g/mol. The fourth-order valence-corrected chi connectivity index (χ4v) is 0. The molecule has 0 radical (unpaired) electrons. The van der Waals surface area contributed by atoms with E-state index in [1.807, 2.05) is 0 Å². The number of carbonyl (C=O) groups is 1. The van der Waals surface area contributed by atoms with Crippen LogP contribution in [-0.4, -0.2) is 11.6 Å². The predicted octanol–water partition coefficient (Wildman–Crippen LogP) is 1.69. The van der Waals surface area contributed by atoms with Crippen LogP contribution in [0.4, 0.5) is 17.6 Å². The van der Waals surface area contributed by atoms with Crippen LogP contribution in [0.3, 0.4) is 0 Å². The summed E-state index contributed by atoms with van der Waals surface area (Å²) in [4.78, 5) is 8.36. The molecule has 0 fully saturated rings. The van der Waals surface area contributed by atoms with E-state index in [1.165, 1.54) is 0 Å². The van der Waals surface area contributed by atoms with E-state index in [0.717, 1.165) is 0 Å². The van der Waals surface area contributed by atoms with E-state index < -0.39 is 12.2 Å². The van der Waals surface area contributed by atoms with Gasteiger partial charge in [0.25, 0.3) is 6.47 Å². The Morgan fingerprint density at radius 2 is 1.22 bits per heavy atom. The zero-order valence-corrected chi connectivity index (χ0v) is 3.94. The fourth-order valence-electron chi connectivity index (χ4n) is 0. The van der Waals surface area contributed by atoms with Gasteiger partial charge in [-0.05, 0) is 0 Å². The molecule has 9 heavy (non-hydrogen) atoms. The molecule has 0 bridgehead atoms. The van der Waals surface area contributed by atoms with Crippen molar-refractivity contribution in [3.63, 3.8) is 0 Å². The normalized spacial score (nSPS) is 6.67. The molecule has 0 spiro atoms. The molecule has 0 atom stereocenters. The van der Waals surface area contributed by atoms with Crippen LogP contribution in [0.1, 0.15) is 0 Å². The van der Waals surface area contributed by atoms with Crippen molar-refractivity contribution in [2.24, 2.45) is 0 Å². The first-order chi connectivity index (χ1) is 4.06. The van der Waals surface area contributed by atoms with E-state index >= 15 is 0 Å². The molecular formula is C3H2F4O2. The van der Waals surface area contributed by atoms with Gasteiger partial charge in [-0.15, -0.1) is 0 Å². The second-order valence-electron chi connectivity index (χ2n) is 0.626. The summed E-state index contributed by atoms with van der Waals surface area (Å²) < 4.78 is 41.1. The van der Waals surface area contributed by atoms with Gasteiger partial charge in [0, 0.05) is 0 Å². The third-order valence-electron chi connectivity index (χ3n) is 0.143. The molecule has 54 valence electrons. The molecule has 0 rings (SSSR count). The SMILES string of the molecule is FC(F)=C(F)F.O=CO. The second-order valence-corrected chi connectivity index (χ2v) is 0.626. The summed E-state index contributed by atoms with van der Waals surface area (Å²) in [5, 5.41) is 6.89. The molecule has 2 nitrogen and oxygen atoms in total. The number of halogens is 4. The summed E-state index contributed by atoms with van der Waals surface area (Å²) in [6, 6.07) is 0. The summed E-state index contributed by atoms with van der Waals surface area (Å²) in [5.74, 6) is 0. The van der Waals surface area contributed by atoms with Crippen LogP contribution < -0.4 is 0 Å². The van der Waals surface area contributed by atoms with Crippen molar-refractivity contribution in [3.8, 4) is 0 Å². The smallest absolute Gasteiger partial charge is 0.334 e. The molecule has 0 saturated carbocycles. The van der Waals surface area contributed by atoms with E-state index in [9.17, 15) is 17.6 Å².